The van der Waals surface area contributed by atoms with E-state index in [-0.39, 0.29) is 5.02 Å². The molecule has 0 radical (unpaired) electrons. The third-order valence-corrected chi connectivity index (χ3v) is 3.04. The summed E-state index contributed by atoms with van der Waals surface area (Å²) in [6.45, 7) is 1.04. The second kappa shape index (κ2) is 5.91. The van der Waals surface area contributed by atoms with E-state index in [2.05, 4.69) is 5.10 Å². The lowest BCUT2D eigenvalue weighted by atomic mass is 10.2. The fourth-order valence-corrected chi connectivity index (χ4v) is 1.77. The zero-order valence-electron chi connectivity index (χ0n) is 10.9. The molecule has 1 aromatic carbocycles. The Hall–Kier alpha value is -2.16. The fraction of sp³-hybridized carbons (Fsp3) is 0.167. The summed E-state index contributed by atoms with van der Waals surface area (Å²) in [5.41, 5.74) is -1.01. The van der Waals surface area contributed by atoms with E-state index >= 15 is 0 Å². The number of rotatable bonds is 3. The minimum Gasteiger partial charge on any atom is -0.319 e. The van der Waals surface area contributed by atoms with E-state index in [1.165, 1.54) is 6.20 Å². The molecule has 0 aliphatic carbocycles. The first kappa shape index (κ1) is 16.2. The van der Waals surface area contributed by atoms with Crippen molar-refractivity contribution in [2.75, 3.05) is 5.32 Å². The van der Waals surface area contributed by atoms with Crippen molar-refractivity contribution in [3.8, 4) is 0 Å². The standard InChI is InChI=1S/C12H7ClF5N3O/c1-4-5(13)2-21(20-4)3-6(22)19-12-10(17)8(15)7(14)9(16)11(12)18/h2H,3H2,1H3,(H,19,22). The van der Waals surface area contributed by atoms with Gasteiger partial charge in [-0.2, -0.15) is 5.10 Å². The zero-order chi connectivity index (χ0) is 16.6. The van der Waals surface area contributed by atoms with Crippen LogP contribution in [-0.2, 0) is 11.3 Å². The predicted octanol–water partition coefficient (Wildman–Crippen LogP) is 3.18. The van der Waals surface area contributed by atoms with Crippen LogP contribution in [0.15, 0.2) is 6.20 Å². The first-order chi connectivity index (χ1) is 10.2. The summed E-state index contributed by atoms with van der Waals surface area (Å²) in [5, 5.41) is 5.69. The van der Waals surface area contributed by atoms with Gasteiger partial charge >= 0.3 is 0 Å². The van der Waals surface area contributed by atoms with E-state index in [1.807, 2.05) is 0 Å². The topological polar surface area (TPSA) is 46.9 Å². The summed E-state index contributed by atoms with van der Waals surface area (Å²) in [5.74, 6) is -11.9. The number of hydrogen-bond acceptors (Lipinski definition) is 2. The number of carbonyl (C=O) groups excluding carboxylic acids is 1. The van der Waals surface area contributed by atoms with Crippen LogP contribution in [0, 0.1) is 36.0 Å². The number of amides is 1. The van der Waals surface area contributed by atoms with Crippen molar-refractivity contribution < 1.29 is 26.7 Å². The Morgan fingerprint density at radius 2 is 1.64 bits per heavy atom. The van der Waals surface area contributed by atoms with Gasteiger partial charge in [-0.25, -0.2) is 22.0 Å². The highest BCUT2D eigenvalue weighted by Crippen LogP contribution is 2.27. The van der Waals surface area contributed by atoms with E-state index in [1.54, 1.807) is 12.2 Å². The van der Waals surface area contributed by atoms with Crippen LogP contribution < -0.4 is 5.32 Å². The Bertz CT molecular complexity index is 713. The number of nitrogens with zero attached hydrogens (tertiary/aromatic N) is 2. The van der Waals surface area contributed by atoms with Gasteiger partial charge in [0.2, 0.25) is 11.7 Å². The lowest BCUT2D eigenvalue weighted by molar-refractivity contribution is -0.117. The lowest BCUT2D eigenvalue weighted by Crippen LogP contribution is -2.21. The van der Waals surface area contributed by atoms with E-state index in [9.17, 15) is 26.7 Å². The van der Waals surface area contributed by atoms with Crippen LogP contribution in [0.2, 0.25) is 5.02 Å². The summed E-state index contributed by atoms with van der Waals surface area (Å²) in [7, 11) is 0. The number of anilines is 1. The molecule has 2 rings (SSSR count). The molecule has 10 heteroatoms. The van der Waals surface area contributed by atoms with Crippen LogP contribution in [0.4, 0.5) is 27.6 Å². The van der Waals surface area contributed by atoms with E-state index in [4.69, 9.17) is 11.6 Å². The van der Waals surface area contributed by atoms with Gasteiger partial charge in [-0.1, -0.05) is 11.6 Å². The number of nitrogens with one attached hydrogen (secondary N) is 1. The Labute approximate surface area is 125 Å². The molecule has 1 heterocycles. The quantitative estimate of drug-likeness (QED) is 0.530. The highest BCUT2D eigenvalue weighted by Gasteiger charge is 2.26. The SMILES string of the molecule is Cc1nn(CC(=O)Nc2c(F)c(F)c(F)c(F)c2F)cc1Cl. The molecule has 0 saturated heterocycles. The Morgan fingerprint density at radius 3 is 2.09 bits per heavy atom. The first-order valence-corrected chi connectivity index (χ1v) is 6.11. The molecular formula is C12H7ClF5N3O. The second-order valence-electron chi connectivity index (χ2n) is 4.25. The van der Waals surface area contributed by atoms with Gasteiger partial charge in [0.05, 0.1) is 10.7 Å². The van der Waals surface area contributed by atoms with Crippen molar-refractivity contribution >= 4 is 23.2 Å². The second-order valence-corrected chi connectivity index (χ2v) is 4.66. The van der Waals surface area contributed by atoms with Gasteiger partial charge in [-0.05, 0) is 6.92 Å². The first-order valence-electron chi connectivity index (χ1n) is 5.73. The average Bonchev–Trinajstić information content (AvgIpc) is 2.77. The van der Waals surface area contributed by atoms with Crippen LogP contribution in [0.3, 0.4) is 0 Å². The molecule has 0 saturated carbocycles. The molecule has 22 heavy (non-hydrogen) atoms. The van der Waals surface area contributed by atoms with Gasteiger partial charge in [0.15, 0.2) is 23.3 Å². The van der Waals surface area contributed by atoms with E-state index in [0.29, 0.717) is 5.69 Å². The van der Waals surface area contributed by atoms with Crippen LogP contribution in [0.1, 0.15) is 5.69 Å². The smallest absolute Gasteiger partial charge is 0.246 e. The van der Waals surface area contributed by atoms with Crippen molar-refractivity contribution in [2.45, 2.75) is 13.5 Å². The lowest BCUT2D eigenvalue weighted by Gasteiger charge is -2.09. The van der Waals surface area contributed by atoms with Crippen LogP contribution in [-0.4, -0.2) is 15.7 Å². The summed E-state index contributed by atoms with van der Waals surface area (Å²) < 4.78 is 66.7. The molecule has 0 fully saturated rings. The summed E-state index contributed by atoms with van der Waals surface area (Å²) in [4.78, 5) is 11.6. The molecular weight excluding hydrogens is 333 g/mol. The Morgan fingerprint density at radius 1 is 1.14 bits per heavy atom. The maximum absolute atomic E-state index is 13.4. The van der Waals surface area contributed by atoms with Crippen molar-refractivity contribution in [2.24, 2.45) is 0 Å². The zero-order valence-corrected chi connectivity index (χ0v) is 11.6. The molecule has 0 aliphatic rings. The normalized spacial score (nSPS) is 10.9. The van der Waals surface area contributed by atoms with Gasteiger partial charge in [0.1, 0.15) is 12.2 Å². The maximum Gasteiger partial charge on any atom is 0.246 e. The van der Waals surface area contributed by atoms with E-state index < -0.39 is 47.2 Å². The highest BCUT2D eigenvalue weighted by atomic mass is 35.5. The highest BCUT2D eigenvalue weighted by molar-refractivity contribution is 6.31. The molecule has 2 aromatic rings. The predicted molar refractivity (Wildman–Crippen MR) is 66.8 cm³/mol. The molecule has 1 amide bonds. The molecule has 0 unspecified atom stereocenters. The monoisotopic (exact) mass is 339 g/mol. The molecule has 118 valence electrons. The average molecular weight is 340 g/mol. The van der Waals surface area contributed by atoms with Gasteiger partial charge in [0, 0.05) is 6.20 Å². The van der Waals surface area contributed by atoms with Gasteiger partial charge in [-0.3, -0.25) is 9.48 Å². The van der Waals surface area contributed by atoms with Crippen molar-refractivity contribution in [1.82, 2.24) is 9.78 Å². The van der Waals surface area contributed by atoms with E-state index in [0.717, 1.165) is 4.68 Å². The number of hydrogen-bond donors (Lipinski definition) is 1. The van der Waals surface area contributed by atoms with Gasteiger partial charge < -0.3 is 5.32 Å². The minimum atomic E-state index is -2.30. The molecule has 0 aliphatic heterocycles. The third kappa shape index (κ3) is 2.89. The largest absolute Gasteiger partial charge is 0.319 e. The fourth-order valence-electron chi connectivity index (χ4n) is 1.62. The molecule has 1 N–H and O–H groups in total. The van der Waals surface area contributed by atoms with Crippen LogP contribution in [0.5, 0.6) is 0 Å². The molecule has 0 atom stereocenters. The van der Waals surface area contributed by atoms with Crippen molar-refractivity contribution in [1.29, 1.82) is 0 Å². The third-order valence-electron chi connectivity index (χ3n) is 2.67. The molecule has 0 bridgehead atoms. The summed E-state index contributed by atoms with van der Waals surface area (Å²) in [6.07, 6.45) is 1.27. The molecule has 0 spiro atoms. The van der Waals surface area contributed by atoms with Crippen LogP contribution >= 0.6 is 11.6 Å². The number of halogens is 6. The molecule has 1 aromatic heterocycles. The minimum absolute atomic E-state index is 0.254. The maximum atomic E-state index is 13.4. The Kier molecular flexibility index (Phi) is 4.36. The van der Waals surface area contributed by atoms with Gasteiger partial charge in [-0.15, -0.1) is 0 Å². The number of carbonyl (C=O) groups is 1. The number of aromatic nitrogens is 2. The molecule has 4 nitrogen and oxygen atoms in total. The number of benzene rings is 1. The van der Waals surface area contributed by atoms with Gasteiger partial charge in [0.25, 0.3) is 0 Å². The summed E-state index contributed by atoms with van der Waals surface area (Å²) in [6, 6.07) is 0. The van der Waals surface area contributed by atoms with Crippen molar-refractivity contribution in [3.63, 3.8) is 0 Å². The summed E-state index contributed by atoms with van der Waals surface area (Å²) >= 11 is 5.71. The number of aryl methyl sites for hydroxylation is 1. The Balaban J connectivity index is 2.25. The van der Waals surface area contributed by atoms with Crippen molar-refractivity contribution in [3.05, 3.63) is 46.0 Å². The van der Waals surface area contributed by atoms with Crippen LogP contribution in [0.25, 0.3) is 0 Å².